The minimum atomic E-state index is -0.303. The number of carbonyl (C=O) groups excluding carboxylic acids is 2. The summed E-state index contributed by atoms with van der Waals surface area (Å²) in [5.41, 5.74) is 2.93. The number of hydrogen-bond donors (Lipinski definition) is 1. The minimum absolute atomic E-state index is 0.0261. The fraction of sp³-hybridized carbons (Fsp3) is 0.154. The van der Waals surface area contributed by atoms with E-state index in [9.17, 15) is 9.59 Å². The molecule has 0 heterocycles. The van der Waals surface area contributed by atoms with Gasteiger partial charge in [-0.05, 0) is 60.5 Å². The number of amides is 1. The molecule has 164 valence electrons. The number of Topliss-reactive ketones (excluding diaryl/α,β-unsaturated/α-hetero) is 1. The molecule has 32 heavy (non-hydrogen) atoms. The van der Waals surface area contributed by atoms with Gasteiger partial charge in [-0.25, -0.2) is 0 Å². The molecule has 6 heteroatoms. The molecule has 1 N–H and O–H groups in total. The smallest absolute Gasteiger partial charge is 0.248 e. The van der Waals surface area contributed by atoms with Crippen molar-refractivity contribution < 1.29 is 23.8 Å². The van der Waals surface area contributed by atoms with Crippen molar-refractivity contribution in [3.05, 3.63) is 89.5 Å². The number of rotatable bonds is 9. The summed E-state index contributed by atoms with van der Waals surface area (Å²) in [5, 5.41) is 2.76. The van der Waals surface area contributed by atoms with Crippen LogP contribution in [0.5, 0.6) is 17.2 Å². The van der Waals surface area contributed by atoms with Gasteiger partial charge < -0.3 is 19.5 Å². The average molecular weight is 431 g/mol. The van der Waals surface area contributed by atoms with Crippen LogP contribution in [0.15, 0.2) is 72.8 Å². The summed E-state index contributed by atoms with van der Waals surface area (Å²) in [4.78, 5) is 23.6. The Hall–Kier alpha value is -4.06. The Morgan fingerprint density at radius 2 is 1.53 bits per heavy atom. The van der Waals surface area contributed by atoms with E-state index in [-0.39, 0.29) is 11.7 Å². The Balaban J connectivity index is 1.72. The largest absolute Gasteiger partial charge is 0.493 e. The van der Waals surface area contributed by atoms with Gasteiger partial charge in [0.1, 0.15) is 6.61 Å². The van der Waals surface area contributed by atoms with E-state index in [4.69, 9.17) is 14.2 Å². The molecule has 6 nitrogen and oxygen atoms in total. The third-order valence-electron chi connectivity index (χ3n) is 4.70. The summed E-state index contributed by atoms with van der Waals surface area (Å²) in [6, 6.07) is 20.1. The molecule has 0 atom stereocenters. The van der Waals surface area contributed by atoms with Crippen LogP contribution in [0.2, 0.25) is 0 Å². The number of ether oxygens (including phenoxy) is 3. The fourth-order valence-corrected chi connectivity index (χ4v) is 3.01. The molecule has 0 radical (unpaired) electrons. The second kappa shape index (κ2) is 10.8. The van der Waals surface area contributed by atoms with E-state index in [1.807, 2.05) is 30.3 Å². The lowest BCUT2D eigenvalue weighted by Gasteiger charge is -2.15. The zero-order valence-electron chi connectivity index (χ0n) is 18.3. The number of anilines is 1. The van der Waals surface area contributed by atoms with E-state index in [1.54, 1.807) is 56.7 Å². The molecule has 0 aliphatic rings. The average Bonchev–Trinajstić information content (AvgIpc) is 2.82. The zero-order chi connectivity index (χ0) is 22.9. The van der Waals surface area contributed by atoms with Gasteiger partial charge in [0.15, 0.2) is 17.3 Å². The Morgan fingerprint density at radius 1 is 0.906 bits per heavy atom. The molecule has 0 spiro atoms. The van der Waals surface area contributed by atoms with Crippen LogP contribution < -0.4 is 19.5 Å². The molecule has 0 aliphatic carbocycles. The normalized spacial score (nSPS) is 10.6. The Bertz CT molecular complexity index is 1080. The zero-order valence-corrected chi connectivity index (χ0v) is 18.3. The van der Waals surface area contributed by atoms with E-state index in [0.29, 0.717) is 40.7 Å². The maximum absolute atomic E-state index is 12.3. The highest BCUT2D eigenvalue weighted by Gasteiger charge is 2.14. The molecule has 1 amide bonds. The maximum Gasteiger partial charge on any atom is 0.248 e. The van der Waals surface area contributed by atoms with Crippen LogP contribution in [-0.2, 0) is 11.4 Å². The van der Waals surface area contributed by atoms with Crippen LogP contribution in [0.4, 0.5) is 5.69 Å². The molecule has 0 saturated carbocycles. The molecular weight excluding hydrogens is 406 g/mol. The van der Waals surface area contributed by atoms with Crippen molar-refractivity contribution in [3.8, 4) is 17.2 Å². The number of methoxy groups -OCH3 is 2. The molecule has 0 bridgehead atoms. The van der Waals surface area contributed by atoms with Crippen LogP contribution in [0.25, 0.3) is 6.08 Å². The van der Waals surface area contributed by atoms with Gasteiger partial charge in [0.2, 0.25) is 11.7 Å². The second-order valence-electron chi connectivity index (χ2n) is 6.98. The van der Waals surface area contributed by atoms with E-state index >= 15 is 0 Å². The van der Waals surface area contributed by atoms with Crippen molar-refractivity contribution in [3.63, 3.8) is 0 Å². The van der Waals surface area contributed by atoms with Crippen LogP contribution in [0.1, 0.15) is 28.4 Å². The third-order valence-corrected chi connectivity index (χ3v) is 4.70. The van der Waals surface area contributed by atoms with Crippen molar-refractivity contribution in [1.82, 2.24) is 0 Å². The van der Waals surface area contributed by atoms with Crippen LogP contribution in [0, 0.1) is 0 Å². The van der Waals surface area contributed by atoms with Gasteiger partial charge in [-0.2, -0.15) is 0 Å². The summed E-state index contributed by atoms with van der Waals surface area (Å²) in [5.74, 6) is 1.16. The Morgan fingerprint density at radius 3 is 2.09 bits per heavy atom. The molecule has 0 aliphatic heterocycles. The predicted molar refractivity (Wildman–Crippen MR) is 124 cm³/mol. The van der Waals surface area contributed by atoms with Crippen LogP contribution in [-0.4, -0.2) is 25.9 Å². The fourth-order valence-electron chi connectivity index (χ4n) is 3.01. The number of nitrogens with one attached hydrogen (secondary N) is 1. The summed E-state index contributed by atoms with van der Waals surface area (Å²) >= 11 is 0. The molecule has 3 aromatic rings. The summed E-state index contributed by atoms with van der Waals surface area (Å²) in [7, 11) is 3.10. The molecule has 0 saturated heterocycles. The standard InChI is InChI=1S/C26H25NO5/c1-18(28)21-10-12-22(13-11-21)27-25(29)14-9-20-15-23(30-2)26(24(16-20)31-3)32-17-19-7-5-4-6-8-19/h4-16H,17H2,1-3H3,(H,27,29). The van der Waals surface area contributed by atoms with E-state index < -0.39 is 0 Å². The van der Waals surface area contributed by atoms with Gasteiger partial charge in [-0.3, -0.25) is 9.59 Å². The molecule has 3 aromatic carbocycles. The Labute approximate surface area is 187 Å². The first-order valence-electron chi connectivity index (χ1n) is 10.0. The molecule has 0 fully saturated rings. The second-order valence-corrected chi connectivity index (χ2v) is 6.98. The minimum Gasteiger partial charge on any atom is -0.493 e. The SMILES string of the molecule is COc1cc(C=CC(=O)Nc2ccc(C(C)=O)cc2)cc(OC)c1OCc1ccccc1. The lowest BCUT2D eigenvalue weighted by molar-refractivity contribution is -0.111. The van der Waals surface area contributed by atoms with Crippen molar-refractivity contribution in [1.29, 1.82) is 0 Å². The molecule has 0 aromatic heterocycles. The van der Waals surface area contributed by atoms with Gasteiger partial charge >= 0.3 is 0 Å². The van der Waals surface area contributed by atoms with E-state index in [1.165, 1.54) is 13.0 Å². The predicted octanol–water partition coefficient (Wildman–Crippen LogP) is 5.14. The highest BCUT2D eigenvalue weighted by molar-refractivity contribution is 6.02. The Kier molecular flexibility index (Phi) is 7.65. The van der Waals surface area contributed by atoms with E-state index in [0.717, 1.165) is 5.56 Å². The van der Waals surface area contributed by atoms with Gasteiger partial charge in [0.05, 0.1) is 14.2 Å². The van der Waals surface area contributed by atoms with Crippen molar-refractivity contribution in [2.24, 2.45) is 0 Å². The quantitative estimate of drug-likeness (QED) is 0.375. The van der Waals surface area contributed by atoms with Crippen LogP contribution >= 0.6 is 0 Å². The first-order valence-corrected chi connectivity index (χ1v) is 10.0. The molecule has 3 rings (SSSR count). The van der Waals surface area contributed by atoms with E-state index in [2.05, 4.69) is 5.32 Å². The number of hydrogen-bond acceptors (Lipinski definition) is 5. The maximum atomic E-state index is 12.3. The number of benzene rings is 3. The summed E-state index contributed by atoms with van der Waals surface area (Å²) < 4.78 is 16.9. The van der Waals surface area contributed by atoms with Gasteiger partial charge in [-0.1, -0.05) is 30.3 Å². The summed E-state index contributed by atoms with van der Waals surface area (Å²) in [6.45, 7) is 1.87. The molecular formula is C26H25NO5. The lowest BCUT2D eigenvalue weighted by Crippen LogP contribution is -2.07. The topological polar surface area (TPSA) is 73.9 Å². The first kappa shape index (κ1) is 22.6. The first-order chi connectivity index (χ1) is 15.5. The van der Waals surface area contributed by atoms with Gasteiger partial charge in [-0.15, -0.1) is 0 Å². The molecule has 0 unspecified atom stereocenters. The van der Waals surface area contributed by atoms with Gasteiger partial charge in [0.25, 0.3) is 0 Å². The van der Waals surface area contributed by atoms with Crippen LogP contribution in [0.3, 0.4) is 0 Å². The third kappa shape index (κ3) is 5.98. The summed E-state index contributed by atoms with van der Waals surface area (Å²) in [6.07, 6.45) is 3.07. The van der Waals surface area contributed by atoms with Crippen molar-refractivity contribution in [2.75, 3.05) is 19.5 Å². The highest BCUT2D eigenvalue weighted by Crippen LogP contribution is 2.39. The number of ketones is 1. The number of carbonyl (C=O) groups is 2. The monoisotopic (exact) mass is 431 g/mol. The van der Waals surface area contributed by atoms with Crippen molar-refractivity contribution in [2.45, 2.75) is 13.5 Å². The van der Waals surface area contributed by atoms with Crippen molar-refractivity contribution >= 4 is 23.5 Å². The lowest BCUT2D eigenvalue weighted by atomic mass is 10.1. The highest BCUT2D eigenvalue weighted by atomic mass is 16.5. The van der Waals surface area contributed by atoms with Gasteiger partial charge in [0, 0.05) is 17.3 Å².